The van der Waals surface area contributed by atoms with Crippen molar-refractivity contribution in [1.82, 2.24) is 5.32 Å². The minimum Gasteiger partial charge on any atom is -0.445 e. The van der Waals surface area contributed by atoms with Gasteiger partial charge in [0.05, 0.1) is 5.60 Å². The van der Waals surface area contributed by atoms with Crippen LogP contribution < -0.4 is 5.32 Å². The van der Waals surface area contributed by atoms with Crippen molar-refractivity contribution in [3.05, 3.63) is 35.9 Å². The number of aliphatic hydroxyl groups is 1. The molecule has 0 aromatic heterocycles. The molecule has 1 aromatic rings. The molecule has 4 rings (SSSR count). The summed E-state index contributed by atoms with van der Waals surface area (Å²) < 4.78 is 5.18. The van der Waals surface area contributed by atoms with E-state index in [1.807, 2.05) is 30.3 Å². The maximum Gasteiger partial charge on any atom is 0.407 e. The second-order valence-electron chi connectivity index (χ2n) is 5.54. The monoisotopic (exact) mass is 247 g/mol. The van der Waals surface area contributed by atoms with Gasteiger partial charge in [-0.2, -0.15) is 0 Å². The van der Waals surface area contributed by atoms with E-state index in [4.69, 9.17) is 4.74 Å². The van der Waals surface area contributed by atoms with Crippen LogP contribution >= 0.6 is 0 Å². The van der Waals surface area contributed by atoms with Gasteiger partial charge in [0.1, 0.15) is 6.61 Å². The molecule has 0 saturated heterocycles. The zero-order valence-electron chi connectivity index (χ0n) is 10.2. The number of hydrogen-bond acceptors (Lipinski definition) is 3. The number of ether oxygens (including phenoxy) is 1. The first-order valence-electron chi connectivity index (χ1n) is 6.31. The van der Waals surface area contributed by atoms with Gasteiger partial charge in [-0.1, -0.05) is 30.3 Å². The van der Waals surface area contributed by atoms with Crippen LogP contribution in [0.2, 0.25) is 0 Å². The lowest BCUT2D eigenvalue weighted by Gasteiger charge is -2.43. The zero-order chi connectivity index (χ0) is 12.6. The number of carbonyl (C=O) groups is 1. The van der Waals surface area contributed by atoms with Crippen molar-refractivity contribution >= 4 is 6.09 Å². The summed E-state index contributed by atoms with van der Waals surface area (Å²) in [7, 11) is 0. The van der Waals surface area contributed by atoms with Crippen LogP contribution in [0.15, 0.2) is 30.3 Å². The molecule has 2 N–H and O–H groups in total. The zero-order valence-corrected chi connectivity index (χ0v) is 10.2. The fourth-order valence-electron chi connectivity index (χ4n) is 3.16. The molecule has 3 saturated carbocycles. The van der Waals surface area contributed by atoms with Crippen LogP contribution in [0.4, 0.5) is 4.79 Å². The number of carbonyl (C=O) groups excluding carboxylic acids is 1. The number of fused-ring (bicyclic) bond motifs is 1. The Morgan fingerprint density at radius 2 is 2.00 bits per heavy atom. The third-order valence-corrected chi connectivity index (χ3v) is 3.98. The molecule has 96 valence electrons. The largest absolute Gasteiger partial charge is 0.445 e. The second-order valence-corrected chi connectivity index (χ2v) is 5.54. The molecule has 0 heterocycles. The molecule has 3 fully saturated rings. The van der Waals surface area contributed by atoms with Crippen molar-refractivity contribution in [2.45, 2.75) is 43.4 Å². The summed E-state index contributed by atoms with van der Waals surface area (Å²) in [5.41, 5.74) is 0.247. The fraction of sp³-hybridized carbons (Fsp3) is 0.500. The maximum atomic E-state index is 11.7. The molecule has 3 aliphatic carbocycles. The molecular weight excluding hydrogens is 230 g/mol. The Kier molecular flexibility index (Phi) is 2.55. The topological polar surface area (TPSA) is 58.6 Å². The summed E-state index contributed by atoms with van der Waals surface area (Å²) in [4.78, 5) is 11.7. The van der Waals surface area contributed by atoms with E-state index in [0.29, 0.717) is 12.8 Å². The number of hydrogen-bond donors (Lipinski definition) is 2. The highest BCUT2D eigenvalue weighted by Gasteiger charge is 2.60. The normalized spacial score (nSPS) is 32.7. The summed E-state index contributed by atoms with van der Waals surface area (Å²) in [6.07, 6.45) is 2.58. The van der Waals surface area contributed by atoms with E-state index in [0.717, 1.165) is 18.4 Å². The van der Waals surface area contributed by atoms with E-state index in [1.54, 1.807) is 0 Å². The lowest BCUT2D eigenvalue weighted by atomic mass is 9.74. The van der Waals surface area contributed by atoms with Crippen molar-refractivity contribution < 1.29 is 14.6 Å². The van der Waals surface area contributed by atoms with Crippen LogP contribution in [0.3, 0.4) is 0 Å². The highest BCUT2D eigenvalue weighted by atomic mass is 16.5. The van der Waals surface area contributed by atoms with Crippen LogP contribution in [0, 0.1) is 0 Å². The molecule has 3 aliphatic rings. The van der Waals surface area contributed by atoms with E-state index in [9.17, 15) is 9.90 Å². The van der Waals surface area contributed by atoms with Crippen molar-refractivity contribution in [2.24, 2.45) is 0 Å². The molecule has 4 nitrogen and oxygen atoms in total. The Labute approximate surface area is 106 Å². The first-order chi connectivity index (χ1) is 8.59. The SMILES string of the molecule is O=C(NC12CCC(O)(C1)C2)OCc1ccccc1. The molecule has 1 amide bonds. The highest BCUT2D eigenvalue weighted by Crippen LogP contribution is 2.54. The summed E-state index contributed by atoms with van der Waals surface area (Å²) in [5.74, 6) is 0. The molecular formula is C14H17NO3. The van der Waals surface area contributed by atoms with E-state index < -0.39 is 5.60 Å². The fourth-order valence-corrected chi connectivity index (χ4v) is 3.16. The predicted octanol–water partition coefficient (Wildman–Crippen LogP) is 1.97. The van der Waals surface area contributed by atoms with Gasteiger partial charge in [-0.25, -0.2) is 4.79 Å². The molecule has 0 unspecified atom stereocenters. The average Bonchev–Trinajstić information content (AvgIpc) is 2.81. The number of rotatable bonds is 3. The van der Waals surface area contributed by atoms with Gasteiger partial charge in [0.25, 0.3) is 0 Å². The second kappa shape index (κ2) is 3.99. The molecule has 0 atom stereocenters. The van der Waals surface area contributed by atoms with E-state index >= 15 is 0 Å². The standard InChI is InChI=1S/C14H17NO3/c16-12(18-8-11-4-2-1-3-5-11)15-13-6-7-14(17,9-13)10-13/h1-5,17H,6-10H2,(H,15,16). The molecule has 2 bridgehead atoms. The van der Waals surface area contributed by atoms with Gasteiger partial charge in [0.2, 0.25) is 0 Å². The summed E-state index contributed by atoms with van der Waals surface area (Å²) >= 11 is 0. The van der Waals surface area contributed by atoms with Crippen molar-refractivity contribution in [2.75, 3.05) is 0 Å². The number of alkyl carbamates (subject to hydrolysis) is 1. The molecule has 18 heavy (non-hydrogen) atoms. The van der Waals surface area contributed by atoms with E-state index in [1.165, 1.54) is 0 Å². The Hall–Kier alpha value is -1.55. The minimum absolute atomic E-state index is 0.206. The summed E-state index contributed by atoms with van der Waals surface area (Å²) in [5, 5.41) is 12.7. The first-order valence-corrected chi connectivity index (χ1v) is 6.31. The maximum absolute atomic E-state index is 11.7. The van der Waals surface area contributed by atoms with E-state index in [2.05, 4.69) is 5.32 Å². The van der Waals surface area contributed by atoms with Gasteiger partial charge < -0.3 is 15.2 Å². The van der Waals surface area contributed by atoms with Crippen LogP contribution in [-0.2, 0) is 11.3 Å². The Balaban J connectivity index is 1.49. The smallest absolute Gasteiger partial charge is 0.407 e. The lowest BCUT2D eigenvalue weighted by Crippen LogP contribution is -2.58. The third kappa shape index (κ3) is 2.08. The Morgan fingerprint density at radius 3 is 2.61 bits per heavy atom. The lowest BCUT2D eigenvalue weighted by molar-refractivity contribution is -0.0424. The molecule has 0 spiro atoms. The minimum atomic E-state index is -0.521. The van der Waals surface area contributed by atoms with Gasteiger partial charge in [0.15, 0.2) is 0 Å². The Morgan fingerprint density at radius 1 is 1.28 bits per heavy atom. The number of benzene rings is 1. The van der Waals surface area contributed by atoms with Gasteiger partial charge >= 0.3 is 6.09 Å². The predicted molar refractivity (Wildman–Crippen MR) is 65.9 cm³/mol. The van der Waals surface area contributed by atoms with Crippen LogP contribution in [0.25, 0.3) is 0 Å². The molecule has 1 aromatic carbocycles. The van der Waals surface area contributed by atoms with Crippen molar-refractivity contribution in [1.29, 1.82) is 0 Å². The van der Waals surface area contributed by atoms with Gasteiger partial charge in [-0.05, 0) is 31.2 Å². The van der Waals surface area contributed by atoms with Crippen molar-refractivity contribution in [3.8, 4) is 0 Å². The molecule has 0 radical (unpaired) electrons. The van der Waals surface area contributed by atoms with E-state index in [-0.39, 0.29) is 18.2 Å². The van der Waals surface area contributed by atoms with Gasteiger partial charge in [0, 0.05) is 5.54 Å². The number of amides is 1. The summed E-state index contributed by atoms with van der Waals surface area (Å²) in [6.45, 7) is 0.285. The number of nitrogens with one attached hydrogen (secondary N) is 1. The van der Waals surface area contributed by atoms with Crippen LogP contribution in [-0.4, -0.2) is 22.3 Å². The molecule has 0 aliphatic heterocycles. The van der Waals surface area contributed by atoms with Crippen LogP contribution in [0.5, 0.6) is 0 Å². The molecule has 4 heteroatoms. The summed E-state index contributed by atoms with van der Waals surface area (Å²) in [6, 6.07) is 9.60. The average molecular weight is 247 g/mol. The quantitative estimate of drug-likeness (QED) is 0.858. The third-order valence-electron chi connectivity index (χ3n) is 3.98. The van der Waals surface area contributed by atoms with Crippen molar-refractivity contribution in [3.63, 3.8) is 0 Å². The Bertz CT molecular complexity index is 451. The first kappa shape index (κ1) is 11.5. The van der Waals surface area contributed by atoms with Crippen LogP contribution in [0.1, 0.15) is 31.2 Å². The van der Waals surface area contributed by atoms with Gasteiger partial charge in [-0.15, -0.1) is 0 Å². The van der Waals surface area contributed by atoms with Gasteiger partial charge in [-0.3, -0.25) is 0 Å². The highest BCUT2D eigenvalue weighted by molar-refractivity contribution is 5.69.